The fourth-order valence-electron chi connectivity index (χ4n) is 12.8. The van der Waals surface area contributed by atoms with E-state index in [9.17, 15) is 54.0 Å². The Hall–Kier alpha value is -6.80. The van der Waals surface area contributed by atoms with Crippen LogP contribution in [0.3, 0.4) is 0 Å². The molecule has 4 fully saturated rings. The molecular weight excluding hydrogens is 1200 g/mol. The number of fused-ring (bicyclic) bond motifs is 3. The van der Waals surface area contributed by atoms with Crippen molar-refractivity contribution in [1.29, 1.82) is 0 Å². The number of benzene rings is 5. The van der Waals surface area contributed by atoms with Crippen molar-refractivity contribution >= 4 is 89.8 Å². The maximum atomic E-state index is 14.6. The van der Waals surface area contributed by atoms with Crippen molar-refractivity contribution < 1.29 is 54.0 Å². The van der Waals surface area contributed by atoms with Crippen LogP contribution in [-0.2, 0) is 31.2 Å². The first-order chi connectivity index (χ1) is 41.4. The number of thioether (sulfide) groups is 1. The van der Waals surface area contributed by atoms with Gasteiger partial charge >= 0.3 is 11.5 Å². The fourth-order valence-corrected chi connectivity index (χ4v) is 15.9. The van der Waals surface area contributed by atoms with Crippen LogP contribution in [0, 0.1) is 5.41 Å². The van der Waals surface area contributed by atoms with E-state index in [4.69, 9.17) is 11.6 Å². The maximum absolute atomic E-state index is 14.6. The summed E-state index contributed by atoms with van der Waals surface area (Å²) in [6, 6.07) is 29.8. The zero-order valence-corrected chi connectivity index (χ0v) is 51.2. The maximum Gasteiger partial charge on any atom is 0.501 e. The highest BCUT2D eigenvalue weighted by atomic mass is 35.5. The number of sulfonamides is 1. The molecule has 4 saturated heterocycles. The summed E-state index contributed by atoms with van der Waals surface area (Å²) < 4.78 is 100. The van der Waals surface area contributed by atoms with E-state index in [0.29, 0.717) is 56.8 Å². The number of nitrogens with one attached hydrogen (secondary N) is 3. The first kappa shape index (κ1) is 61.8. The second kappa shape index (κ2) is 25.0. The van der Waals surface area contributed by atoms with E-state index in [1.807, 2.05) is 47.2 Å². The van der Waals surface area contributed by atoms with Crippen LogP contribution in [-0.4, -0.2) is 160 Å². The van der Waals surface area contributed by atoms with Crippen LogP contribution in [0.15, 0.2) is 136 Å². The first-order valence-electron chi connectivity index (χ1n) is 29.0. The monoisotopic (exact) mass is 1270 g/mol. The number of hydrazine groups is 1. The summed E-state index contributed by atoms with van der Waals surface area (Å²) in [5.74, 6) is -2.59. The zero-order chi connectivity index (χ0) is 61.6. The average Bonchev–Trinajstić information content (AvgIpc) is 1.99. The smallest absolute Gasteiger partial charge is 0.380 e. The molecule has 5 aliphatic heterocycles. The molecule has 11 rings (SSSR count). The van der Waals surface area contributed by atoms with Crippen molar-refractivity contribution in [3.63, 3.8) is 0 Å². The van der Waals surface area contributed by atoms with Crippen LogP contribution in [0.25, 0.3) is 5.57 Å². The van der Waals surface area contributed by atoms with Gasteiger partial charge in [-0.25, -0.2) is 31.4 Å². The molecule has 1 aliphatic carbocycles. The Balaban J connectivity index is 0.738. The topological polar surface area (TPSA) is 209 Å². The molecule has 2 bridgehead atoms. The molecule has 18 nitrogen and oxygen atoms in total. The quantitative estimate of drug-likeness (QED) is 0.0520. The third-order valence-electron chi connectivity index (χ3n) is 17.3. The molecule has 2 unspecified atom stereocenters. The van der Waals surface area contributed by atoms with Gasteiger partial charge < -0.3 is 10.2 Å². The van der Waals surface area contributed by atoms with E-state index in [2.05, 4.69) is 56.2 Å². The van der Waals surface area contributed by atoms with Gasteiger partial charge in [-0.3, -0.25) is 39.2 Å². The summed E-state index contributed by atoms with van der Waals surface area (Å²) in [7, 11) is -11.1. The molecule has 5 aromatic rings. The number of anilines is 2. The number of hydrogen-bond donors (Lipinski definition) is 3. The highest BCUT2D eigenvalue weighted by molar-refractivity contribution is 7.99. The molecule has 3 N–H and O–H groups in total. The number of halogens is 4. The summed E-state index contributed by atoms with van der Waals surface area (Å²) in [6.07, 6.45) is 5.11. The number of likely N-dealkylation sites (tertiary alicyclic amines) is 1. The molecule has 0 radical (unpaired) electrons. The minimum absolute atomic E-state index is 0.0340. The molecule has 6 amide bonds. The summed E-state index contributed by atoms with van der Waals surface area (Å²) >= 11 is 7.63. The van der Waals surface area contributed by atoms with Gasteiger partial charge in [0.25, 0.3) is 37.6 Å². The van der Waals surface area contributed by atoms with Crippen LogP contribution >= 0.6 is 23.4 Å². The van der Waals surface area contributed by atoms with Crippen molar-refractivity contribution in [1.82, 2.24) is 34.8 Å². The third-order valence-corrected chi connectivity index (χ3v) is 21.6. The number of nitrogens with zero attached hydrogens (tertiary/aromatic N) is 6. The Morgan fingerprint density at radius 3 is 2.15 bits per heavy atom. The minimum Gasteiger partial charge on any atom is -0.380 e. The highest BCUT2D eigenvalue weighted by Crippen LogP contribution is 2.44. The van der Waals surface area contributed by atoms with E-state index in [1.54, 1.807) is 30.3 Å². The molecular formula is C62H67ClF3N9O9S3. The van der Waals surface area contributed by atoms with Crippen LogP contribution in [0.5, 0.6) is 0 Å². The number of piperazine rings is 2. The highest BCUT2D eigenvalue weighted by Gasteiger charge is 2.49. The lowest BCUT2D eigenvalue weighted by Crippen LogP contribution is -2.58. The van der Waals surface area contributed by atoms with Crippen molar-refractivity contribution in [3.05, 3.63) is 154 Å². The molecule has 25 heteroatoms. The standard InChI is InChI=1S/C62H67ClF3N9O9S3/c1-61(2)25-22-51(41-9-13-44(63)14-10-41)43(34-61)36-70-28-30-72(31-29-70)46-15-11-42(12-16-46)57(77)69-87(83,84)50-19-21-54(55(33-50)86(81,82)62(64,65)66)67-45(39-85-49-6-4-3-5-7-49)23-26-73-47-17-18-48(73)38-71(37-47)35-40-8-20-52-53(32-40)59(79)75(58(52)78)74-27-24-56(76)68-60(74)80/h3-16,19-21,32-33,45,47-48,67H,17-18,22-31,34-39H2,1-2H3,(H,69,77)(H,68,76,80)/t45-,47?,48?/m1/s1. The Labute approximate surface area is 513 Å². The first-order valence-corrected chi connectivity index (χ1v) is 33.3. The second-order valence-corrected chi connectivity index (χ2v) is 29.0. The van der Waals surface area contributed by atoms with Crippen LogP contribution in [0.4, 0.5) is 29.3 Å². The van der Waals surface area contributed by atoms with E-state index in [0.717, 1.165) is 90.0 Å². The average molecular weight is 1270 g/mol. The normalized spacial score (nSPS) is 20.9. The number of urea groups is 1. The lowest BCUT2D eigenvalue weighted by molar-refractivity contribution is -0.122. The predicted octanol–water partition coefficient (Wildman–Crippen LogP) is 9.30. The van der Waals surface area contributed by atoms with Gasteiger partial charge in [0.15, 0.2) is 0 Å². The molecule has 3 atom stereocenters. The summed E-state index contributed by atoms with van der Waals surface area (Å²) in [5, 5.41) is 7.61. The van der Waals surface area contributed by atoms with E-state index >= 15 is 0 Å². The van der Waals surface area contributed by atoms with Crippen molar-refractivity contribution in [2.45, 2.75) is 104 Å². The van der Waals surface area contributed by atoms with Gasteiger partial charge in [-0.1, -0.05) is 67.4 Å². The number of imide groups is 2. The van der Waals surface area contributed by atoms with Crippen LogP contribution in [0.2, 0.25) is 5.02 Å². The number of alkyl halides is 3. The van der Waals surface area contributed by atoms with Crippen molar-refractivity contribution in [2.75, 3.05) is 74.9 Å². The predicted molar refractivity (Wildman–Crippen MR) is 325 cm³/mol. The summed E-state index contributed by atoms with van der Waals surface area (Å²) in [5.41, 5.74) is -0.199. The molecule has 0 spiro atoms. The molecule has 87 heavy (non-hydrogen) atoms. The number of rotatable bonds is 19. The van der Waals surface area contributed by atoms with E-state index in [-0.39, 0.29) is 52.9 Å². The van der Waals surface area contributed by atoms with Crippen LogP contribution < -0.4 is 20.3 Å². The molecule has 5 aromatic carbocycles. The molecule has 0 saturated carbocycles. The van der Waals surface area contributed by atoms with E-state index < -0.39 is 76.5 Å². The van der Waals surface area contributed by atoms with Gasteiger partial charge in [0.05, 0.1) is 28.3 Å². The molecule has 0 aromatic heterocycles. The summed E-state index contributed by atoms with van der Waals surface area (Å²) in [4.78, 5) is 72.6. The number of carbonyl (C=O) groups excluding carboxylic acids is 5. The SMILES string of the molecule is CC1(C)CCC(c2ccc(Cl)cc2)=C(CN2CCN(c3ccc(C(=O)NS(=O)(=O)c4ccc(N[C@H](CCN5C6CCC5CN(Cc5ccc7c(c5)C(=O)N(N5CCC(=O)NC5=O)C7=O)C6)CSc5ccccc5)c(S(=O)(=O)C(F)(F)F)c4)cc3)CC2)C1. The number of amides is 6. The number of hydrogen-bond acceptors (Lipinski definition) is 15. The second-order valence-electron chi connectivity index (χ2n) is 23.9. The van der Waals surface area contributed by atoms with E-state index in [1.165, 1.54) is 40.6 Å². The zero-order valence-electron chi connectivity index (χ0n) is 48.0. The number of allylic oxidation sites excluding steroid dienone is 1. The molecule has 5 heterocycles. The molecule has 6 aliphatic rings. The van der Waals surface area contributed by atoms with Gasteiger partial charge in [0.2, 0.25) is 5.91 Å². The van der Waals surface area contributed by atoms with Gasteiger partial charge in [-0.2, -0.15) is 18.2 Å². The van der Waals surface area contributed by atoms with Gasteiger partial charge in [-0.05, 0) is 140 Å². The lowest BCUT2D eigenvalue weighted by Gasteiger charge is -2.41. The Kier molecular flexibility index (Phi) is 17.8. The van der Waals surface area contributed by atoms with Gasteiger partial charge in [-0.15, -0.1) is 11.8 Å². The Bertz CT molecular complexity index is 3740. The molecule has 460 valence electrons. The van der Waals surface area contributed by atoms with Crippen molar-refractivity contribution in [2.24, 2.45) is 5.41 Å². The van der Waals surface area contributed by atoms with Crippen molar-refractivity contribution in [3.8, 4) is 0 Å². The van der Waals surface area contributed by atoms with Gasteiger partial charge in [0, 0.05) is 110 Å². The third kappa shape index (κ3) is 13.6. The Morgan fingerprint density at radius 1 is 0.782 bits per heavy atom. The number of carbonyl (C=O) groups is 5. The van der Waals surface area contributed by atoms with Gasteiger partial charge in [0.1, 0.15) is 4.90 Å². The largest absolute Gasteiger partial charge is 0.501 e. The fraction of sp³-hybridized carbons (Fsp3) is 0.403. The lowest BCUT2D eigenvalue weighted by atomic mass is 9.73. The van der Waals surface area contributed by atoms with Crippen LogP contribution in [0.1, 0.15) is 101 Å². The Morgan fingerprint density at radius 2 is 1.47 bits per heavy atom. The summed E-state index contributed by atoms with van der Waals surface area (Å²) in [6.45, 7) is 10.6. The minimum atomic E-state index is -6.17. The number of sulfone groups is 1.